The predicted molar refractivity (Wildman–Crippen MR) is 135 cm³/mol. The van der Waals surface area contributed by atoms with Gasteiger partial charge in [-0.1, -0.05) is 23.7 Å². The number of nitrogens with zero attached hydrogens (tertiary/aromatic N) is 3. The highest BCUT2D eigenvalue weighted by molar-refractivity contribution is 6.30. The molecule has 3 heterocycles. The van der Waals surface area contributed by atoms with E-state index < -0.39 is 28.8 Å². The van der Waals surface area contributed by atoms with E-state index >= 15 is 4.39 Å². The van der Waals surface area contributed by atoms with Gasteiger partial charge in [0.2, 0.25) is 0 Å². The molecular formula is C26H28ClF2N5O3. The number of ketones is 1. The lowest BCUT2D eigenvalue weighted by Crippen LogP contribution is -2.50. The number of benzene rings is 1. The van der Waals surface area contributed by atoms with Gasteiger partial charge in [-0.05, 0) is 52.3 Å². The number of pyridine rings is 1. The number of Topliss-reactive ketones (excluding diaryl/α,β-unsaturated/α-hetero) is 1. The molecule has 0 unspecified atom stereocenters. The van der Waals surface area contributed by atoms with E-state index in [4.69, 9.17) is 11.6 Å². The topological polar surface area (TPSA) is 111 Å². The smallest absolute Gasteiger partial charge is 0.310 e. The number of aliphatic carboxylic acids is 1. The van der Waals surface area contributed by atoms with Crippen molar-refractivity contribution in [2.45, 2.75) is 52.6 Å². The maximum absolute atomic E-state index is 15.4. The van der Waals surface area contributed by atoms with Crippen LogP contribution in [-0.2, 0) is 17.8 Å². The monoisotopic (exact) mass is 531 g/mol. The summed E-state index contributed by atoms with van der Waals surface area (Å²) in [4.78, 5) is 31.1. The standard InChI is InChI=1S/C26H28ClF2N5O3/c1-14-9-22(33-32-14)31-21-10-18(16(3)35)24(29)20(30-21)12-26(25(36)37)7-8-34(15(2)11-26)13-17-5-4-6-19(27)23(17)28/h4-6,9-10,15H,7-8,11-13H2,1-3H3,(H,36,37)(H2,30,31,32,33)/t15-,26-/m1/s1. The average molecular weight is 532 g/mol. The van der Waals surface area contributed by atoms with Crippen molar-refractivity contribution in [2.24, 2.45) is 5.41 Å². The highest BCUT2D eigenvalue weighted by atomic mass is 35.5. The first-order valence-corrected chi connectivity index (χ1v) is 12.3. The Labute approximate surface area is 218 Å². The van der Waals surface area contributed by atoms with Gasteiger partial charge < -0.3 is 10.4 Å². The number of aryl methyl sites for hydroxylation is 1. The van der Waals surface area contributed by atoms with Gasteiger partial charge in [-0.15, -0.1) is 0 Å². The van der Waals surface area contributed by atoms with E-state index in [0.717, 1.165) is 5.69 Å². The Morgan fingerprint density at radius 2 is 2.03 bits per heavy atom. The first kappa shape index (κ1) is 26.7. The maximum Gasteiger partial charge on any atom is 0.310 e. The summed E-state index contributed by atoms with van der Waals surface area (Å²) in [5.74, 6) is -2.27. The molecule has 8 nitrogen and oxygen atoms in total. The van der Waals surface area contributed by atoms with Crippen LogP contribution in [0.1, 0.15) is 54.0 Å². The molecule has 1 aromatic carbocycles. The number of hydrogen-bond donors (Lipinski definition) is 3. The second-order valence-corrected chi connectivity index (χ2v) is 10.1. The molecule has 1 fully saturated rings. The summed E-state index contributed by atoms with van der Waals surface area (Å²) in [6.45, 7) is 5.54. The fourth-order valence-electron chi connectivity index (χ4n) is 4.88. The molecule has 3 aromatic rings. The van der Waals surface area contributed by atoms with Crippen molar-refractivity contribution in [1.29, 1.82) is 0 Å². The van der Waals surface area contributed by atoms with E-state index in [0.29, 0.717) is 17.9 Å². The number of carbonyl (C=O) groups excluding carboxylic acids is 1. The number of rotatable bonds is 8. The lowest BCUT2D eigenvalue weighted by atomic mass is 9.72. The zero-order chi connectivity index (χ0) is 26.9. The minimum absolute atomic E-state index is 0.0309. The summed E-state index contributed by atoms with van der Waals surface area (Å²) < 4.78 is 29.8. The van der Waals surface area contributed by atoms with Crippen LogP contribution in [0.3, 0.4) is 0 Å². The van der Waals surface area contributed by atoms with E-state index in [2.05, 4.69) is 20.5 Å². The van der Waals surface area contributed by atoms with Gasteiger partial charge in [-0.2, -0.15) is 5.10 Å². The van der Waals surface area contributed by atoms with Crippen LogP contribution < -0.4 is 5.32 Å². The van der Waals surface area contributed by atoms with Gasteiger partial charge in [0.15, 0.2) is 17.4 Å². The van der Waals surface area contributed by atoms with Crippen LogP contribution in [0, 0.1) is 24.0 Å². The van der Waals surface area contributed by atoms with Gasteiger partial charge in [0.25, 0.3) is 0 Å². The zero-order valence-corrected chi connectivity index (χ0v) is 21.5. The van der Waals surface area contributed by atoms with Crippen molar-refractivity contribution in [3.05, 3.63) is 69.5 Å². The van der Waals surface area contributed by atoms with Crippen LogP contribution in [0.15, 0.2) is 30.3 Å². The van der Waals surface area contributed by atoms with E-state index in [1.165, 1.54) is 19.1 Å². The fraction of sp³-hybridized carbons (Fsp3) is 0.385. The van der Waals surface area contributed by atoms with Crippen molar-refractivity contribution < 1.29 is 23.5 Å². The first-order valence-electron chi connectivity index (χ1n) is 11.9. The second kappa shape index (κ2) is 10.5. The van der Waals surface area contributed by atoms with Crippen molar-refractivity contribution in [2.75, 3.05) is 11.9 Å². The van der Waals surface area contributed by atoms with Crippen LogP contribution in [0.2, 0.25) is 5.02 Å². The normalized spacial score (nSPS) is 20.1. The number of aromatic nitrogens is 3. The Morgan fingerprint density at radius 3 is 2.65 bits per heavy atom. The molecule has 0 spiro atoms. The summed E-state index contributed by atoms with van der Waals surface area (Å²) in [6, 6.07) is 7.56. The molecule has 0 aliphatic carbocycles. The van der Waals surface area contributed by atoms with E-state index in [1.54, 1.807) is 18.2 Å². The van der Waals surface area contributed by atoms with Crippen LogP contribution in [-0.4, -0.2) is 49.5 Å². The second-order valence-electron chi connectivity index (χ2n) is 9.68. The molecule has 0 amide bonds. The third-order valence-electron chi connectivity index (χ3n) is 6.92. The third-order valence-corrected chi connectivity index (χ3v) is 7.21. The Bertz CT molecular complexity index is 1350. The lowest BCUT2D eigenvalue weighted by Gasteiger charge is -2.43. The van der Waals surface area contributed by atoms with Crippen molar-refractivity contribution in [1.82, 2.24) is 20.1 Å². The Kier molecular flexibility index (Phi) is 7.61. The number of piperidine rings is 1. The van der Waals surface area contributed by atoms with Gasteiger partial charge in [0, 0.05) is 36.3 Å². The number of carboxylic acids is 1. The number of carbonyl (C=O) groups is 2. The fourth-order valence-corrected chi connectivity index (χ4v) is 5.08. The third kappa shape index (κ3) is 5.65. The largest absolute Gasteiger partial charge is 0.481 e. The molecule has 0 radical (unpaired) electrons. The molecule has 4 rings (SSSR count). The lowest BCUT2D eigenvalue weighted by molar-refractivity contribution is -0.153. The molecule has 1 aliphatic rings. The number of likely N-dealkylation sites (tertiary alicyclic amines) is 1. The summed E-state index contributed by atoms with van der Waals surface area (Å²) in [5, 5.41) is 20.1. The summed E-state index contributed by atoms with van der Waals surface area (Å²) in [7, 11) is 0. The van der Waals surface area contributed by atoms with Crippen LogP contribution in [0.4, 0.5) is 20.4 Å². The van der Waals surface area contributed by atoms with E-state index in [1.807, 2.05) is 18.7 Å². The van der Waals surface area contributed by atoms with Crippen LogP contribution in [0.25, 0.3) is 0 Å². The summed E-state index contributed by atoms with van der Waals surface area (Å²) in [5.41, 5.74) is -0.381. The number of H-pyrrole nitrogens is 1. The summed E-state index contributed by atoms with van der Waals surface area (Å²) >= 11 is 5.91. The SMILES string of the molecule is CC(=O)c1cc(Nc2cc(C)[nH]n2)nc(C[C@@]2(C(=O)O)CCN(Cc3cccc(Cl)c3F)[C@H](C)C2)c1F. The van der Waals surface area contributed by atoms with Gasteiger partial charge in [-0.25, -0.2) is 13.8 Å². The van der Waals surface area contributed by atoms with Gasteiger partial charge in [0.05, 0.1) is 21.7 Å². The highest BCUT2D eigenvalue weighted by Gasteiger charge is 2.45. The molecule has 37 heavy (non-hydrogen) atoms. The maximum atomic E-state index is 15.4. The highest BCUT2D eigenvalue weighted by Crippen LogP contribution is 2.40. The number of hydrogen-bond acceptors (Lipinski definition) is 6. The molecule has 3 N–H and O–H groups in total. The molecule has 1 saturated heterocycles. The average Bonchev–Trinajstić information content (AvgIpc) is 3.24. The van der Waals surface area contributed by atoms with Gasteiger partial charge in [0.1, 0.15) is 11.6 Å². The molecule has 2 atom stereocenters. The van der Waals surface area contributed by atoms with Crippen molar-refractivity contribution in [3.8, 4) is 0 Å². The number of anilines is 2. The Balaban J connectivity index is 1.61. The summed E-state index contributed by atoms with van der Waals surface area (Å²) in [6.07, 6.45) is 0.187. The number of aromatic amines is 1. The Morgan fingerprint density at radius 1 is 1.27 bits per heavy atom. The molecular weight excluding hydrogens is 504 g/mol. The minimum Gasteiger partial charge on any atom is -0.481 e. The number of nitrogens with one attached hydrogen (secondary N) is 2. The van der Waals surface area contributed by atoms with E-state index in [9.17, 15) is 19.1 Å². The first-order chi connectivity index (χ1) is 17.5. The minimum atomic E-state index is -1.31. The Hall–Kier alpha value is -3.37. The quantitative estimate of drug-likeness (QED) is 0.339. The van der Waals surface area contributed by atoms with Crippen molar-refractivity contribution >= 4 is 35.0 Å². The molecule has 196 valence electrons. The van der Waals surface area contributed by atoms with Gasteiger partial charge in [-0.3, -0.25) is 19.6 Å². The molecule has 2 aromatic heterocycles. The van der Waals surface area contributed by atoms with Crippen LogP contribution >= 0.6 is 11.6 Å². The van der Waals surface area contributed by atoms with E-state index in [-0.39, 0.29) is 53.9 Å². The predicted octanol–water partition coefficient (Wildman–Crippen LogP) is 5.29. The number of halogens is 3. The molecule has 0 bridgehead atoms. The molecule has 0 saturated carbocycles. The molecule has 11 heteroatoms. The van der Waals surface area contributed by atoms with Crippen LogP contribution in [0.5, 0.6) is 0 Å². The molecule has 1 aliphatic heterocycles. The van der Waals surface area contributed by atoms with Gasteiger partial charge >= 0.3 is 5.97 Å². The van der Waals surface area contributed by atoms with Crippen molar-refractivity contribution in [3.63, 3.8) is 0 Å². The number of carboxylic acid groups (broad SMARTS) is 1. The zero-order valence-electron chi connectivity index (χ0n) is 20.7.